The van der Waals surface area contributed by atoms with E-state index in [1.54, 1.807) is 13.3 Å². The molecule has 0 radical (unpaired) electrons. The summed E-state index contributed by atoms with van der Waals surface area (Å²) in [5.41, 5.74) is 2.70. The molecule has 1 heterocycles. The van der Waals surface area contributed by atoms with Crippen molar-refractivity contribution in [1.29, 1.82) is 0 Å². The van der Waals surface area contributed by atoms with Crippen LogP contribution in [-0.4, -0.2) is 25.7 Å². The summed E-state index contributed by atoms with van der Waals surface area (Å²) in [6, 6.07) is 0. The van der Waals surface area contributed by atoms with E-state index in [1.807, 2.05) is 19.1 Å². The highest BCUT2D eigenvalue weighted by Crippen LogP contribution is 2.18. The molecule has 1 N–H and O–H groups in total. The third-order valence-electron chi connectivity index (χ3n) is 2.43. The minimum Gasteiger partial charge on any atom is -0.355 e. The van der Waals surface area contributed by atoms with Gasteiger partial charge in [-0.2, -0.15) is 0 Å². The zero-order chi connectivity index (χ0) is 12.0. The summed E-state index contributed by atoms with van der Waals surface area (Å²) < 4.78 is 0. The van der Waals surface area contributed by atoms with E-state index in [2.05, 4.69) is 23.3 Å². The van der Waals surface area contributed by atoms with Gasteiger partial charge >= 0.3 is 0 Å². The van der Waals surface area contributed by atoms with Crippen molar-refractivity contribution < 1.29 is 4.79 Å². The van der Waals surface area contributed by atoms with Crippen LogP contribution in [0.3, 0.4) is 0 Å². The number of hydrogen-bond donors (Lipinski definition) is 1. The van der Waals surface area contributed by atoms with Crippen molar-refractivity contribution >= 4 is 12.1 Å². The SMILES string of the molecule is CC/C=C\C1=C(C(=O)NC)C=NCC=C1C. The highest BCUT2D eigenvalue weighted by molar-refractivity contribution is 6.14. The molecule has 3 heteroatoms. The molecule has 86 valence electrons. The smallest absolute Gasteiger partial charge is 0.253 e. The normalized spacial score (nSPS) is 16.3. The summed E-state index contributed by atoms with van der Waals surface area (Å²) in [5.74, 6) is -0.0887. The van der Waals surface area contributed by atoms with Crippen molar-refractivity contribution in [3.63, 3.8) is 0 Å². The monoisotopic (exact) mass is 218 g/mol. The first kappa shape index (κ1) is 12.4. The van der Waals surface area contributed by atoms with Gasteiger partial charge in [0.1, 0.15) is 0 Å². The summed E-state index contributed by atoms with van der Waals surface area (Å²) in [4.78, 5) is 15.9. The Morgan fingerprint density at radius 2 is 2.38 bits per heavy atom. The first-order valence-corrected chi connectivity index (χ1v) is 5.50. The van der Waals surface area contributed by atoms with Gasteiger partial charge in [0.25, 0.3) is 5.91 Å². The van der Waals surface area contributed by atoms with Crippen molar-refractivity contribution in [3.8, 4) is 0 Å². The van der Waals surface area contributed by atoms with Crippen molar-refractivity contribution in [2.24, 2.45) is 4.99 Å². The molecular formula is C13H18N2O. The molecule has 3 nitrogen and oxygen atoms in total. The number of hydrogen-bond acceptors (Lipinski definition) is 2. The Morgan fingerprint density at radius 1 is 1.62 bits per heavy atom. The number of likely N-dealkylation sites (N-methyl/N-ethyl adjacent to an activating group) is 1. The summed E-state index contributed by atoms with van der Waals surface area (Å²) in [6.45, 7) is 4.71. The molecule has 0 saturated heterocycles. The lowest BCUT2D eigenvalue weighted by molar-refractivity contribution is -0.116. The Balaban J connectivity index is 3.21. The molecule has 0 aromatic rings. The van der Waals surface area contributed by atoms with Gasteiger partial charge in [0.2, 0.25) is 0 Å². The zero-order valence-electron chi connectivity index (χ0n) is 10.1. The molecule has 16 heavy (non-hydrogen) atoms. The van der Waals surface area contributed by atoms with Crippen LogP contribution in [0.2, 0.25) is 0 Å². The number of allylic oxidation sites excluding steroid dienone is 4. The number of aliphatic imine (C=N–C) groups is 1. The van der Waals surface area contributed by atoms with E-state index in [1.165, 1.54) is 0 Å². The minimum atomic E-state index is -0.0887. The molecule has 0 unspecified atom stereocenters. The average molecular weight is 218 g/mol. The fraction of sp³-hybridized carbons (Fsp3) is 0.385. The molecule has 1 rings (SSSR count). The van der Waals surface area contributed by atoms with Gasteiger partial charge in [-0.25, -0.2) is 0 Å². The first-order valence-electron chi connectivity index (χ1n) is 5.50. The fourth-order valence-electron chi connectivity index (χ4n) is 1.50. The second-order valence-electron chi connectivity index (χ2n) is 3.60. The first-order chi connectivity index (χ1) is 7.70. The fourth-order valence-corrected chi connectivity index (χ4v) is 1.50. The Labute approximate surface area is 96.7 Å². The van der Waals surface area contributed by atoms with Gasteiger partial charge in [-0.15, -0.1) is 0 Å². The molecule has 0 aromatic carbocycles. The van der Waals surface area contributed by atoms with Gasteiger partial charge in [0, 0.05) is 13.3 Å². The zero-order valence-corrected chi connectivity index (χ0v) is 10.1. The number of nitrogens with zero attached hydrogens (tertiary/aromatic N) is 1. The number of carbonyl (C=O) groups excluding carboxylic acids is 1. The Hall–Kier alpha value is -1.64. The van der Waals surface area contributed by atoms with Crippen LogP contribution in [0, 0.1) is 0 Å². The van der Waals surface area contributed by atoms with Crippen molar-refractivity contribution in [1.82, 2.24) is 5.32 Å². The second kappa shape index (κ2) is 6.05. The molecule has 0 saturated carbocycles. The van der Waals surface area contributed by atoms with Gasteiger partial charge in [-0.3, -0.25) is 9.79 Å². The maximum Gasteiger partial charge on any atom is 0.253 e. The largest absolute Gasteiger partial charge is 0.355 e. The molecule has 0 aromatic heterocycles. The van der Waals surface area contributed by atoms with Gasteiger partial charge in [0.15, 0.2) is 0 Å². The van der Waals surface area contributed by atoms with Crippen LogP contribution in [-0.2, 0) is 4.79 Å². The number of rotatable bonds is 3. The van der Waals surface area contributed by atoms with Gasteiger partial charge < -0.3 is 5.32 Å². The molecule has 0 atom stereocenters. The van der Waals surface area contributed by atoms with Crippen LogP contribution in [0.1, 0.15) is 20.3 Å². The molecular weight excluding hydrogens is 200 g/mol. The predicted molar refractivity (Wildman–Crippen MR) is 67.6 cm³/mol. The standard InChI is InChI=1S/C13H18N2O/c1-4-5-6-11-10(2)7-8-15-9-12(11)13(16)14-3/h5-7,9H,4,8H2,1-3H3,(H,14,16)/b6-5-. The Bertz CT molecular complexity index is 387. The highest BCUT2D eigenvalue weighted by Gasteiger charge is 2.13. The number of amides is 1. The van der Waals surface area contributed by atoms with Gasteiger partial charge in [-0.1, -0.05) is 25.2 Å². The minimum absolute atomic E-state index is 0.0887. The second-order valence-corrected chi connectivity index (χ2v) is 3.60. The molecule has 1 aliphatic heterocycles. The lowest BCUT2D eigenvalue weighted by atomic mass is 10.0. The quantitative estimate of drug-likeness (QED) is 0.773. The lowest BCUT2D eigenvalue weighted by Gasteiger charge is -2.06. The predicted octanol–water partition coefficient (Wildman–Crippen LogP) is 2.03. The molecule has 0 bridgehead atoms. The van der Waals surface area contributed by atoms with Crippen LogP contribution >= 0.6 is 0 Å². The molecule has 1 amide bonds. The van der Waals surface area contributed by atoms with E-state index in [4.69, 9.17) is 0 Å². The number of carbonyl (C=O) groups is 1. The summed E-state index contributed by atoms with van der Waals surface area (Å²) >= 11 is 0. The van der Waals surface area contributed by atoms with Crippen molar-refractivity contribution in [2.45, 2.75) is 20.3 Å². The van der Waals surface area contributed by atoms with Crippen LogP contribution in [0.4, 0.5) is 0 Å². The van der Waals surface area contributed by atoms with Crippen LogP contribution in [0.15, 0.2) is 39.9 Å². The molecule has 0 fully saturated rings. The third kappa shape index (κ3) is 2.92. The van der Waals surface area contributed by atoms with Crippen molar-refractivity contribution in [2.75, 3.05) is 13.6 Å². The lowest BCUT2D eigenvalue weighted by Crippen LogP contribution is -2.22. The average Bonchev–Trinajstić information content (AvgIpc) is 2.48. The Kier molecular flexibility index (Phi) is 4.70. The maximum atomic E-state index is 11.7. The maximum absolute atomic E-state index is 11.7. The molecule has 0 aliphatic carbocycles. The van der Waals surface area contributed by atoms with E-state index < -0.39 is 0 Å². The van der Waals surface area contributed by atoms with Gasteiger partial charge in [-0.05, 0) is 24.5 Å². The molecule has 1 aliphatic rings. The summed E-state index contributed by atoms with van der Waals surface area (Å²) in [6.07, 6.45) is 8.68. The summed E-state index contributed by atoms with van der Waals surface area (Å²) in [5, 5.41) is 2.64. The van der Waals surface area contributed by atoms with E-state index >= 15 is 0 Å². The Morgan fingerprint density at radius 3 is 3.00 bits per heavy atom. The van der Waals surface area contributed by atoms with Crippen LogP contribution in [0.5, 0.6) is 0 Å². The third-order valence-corrected chi connectivity index (χ3v) is 2.43. The van der Waals surface area contributed by atoms with Gasteiger partial charge in [0.05, 0.1) is 12.1 Å². The highest BCUT2D eigenvalue weighted by atomic mass is 16.1. The van der Waals surface area contributed by atoms with Crippen molar-refractivity contribution in [3.05, 3.63) is 34.9 Å². The van der Waals surface area contributed by atoms with E-state index in [0.717, 1.165) is 17.6 Å². The number of nitrogens with one attached hydrogen (secondary N) is 1. The van der Waals surface area contributed by atoms with E-state index in [-0.39, 0.29) is 5.91 Å². The van der Waals surface area contributed by atoms with Crippen LogP contribution < -0.4 is 5.32 Å². The van der Waals surface area contributed by atoms with E-state index in [0.29, 0.717) is 12.1 Å². The molecule has 0 spiro atoms. The topological polar surface area (TPSA) is 41.5 Å². The van der Waals surface area contributed by atoms with Crippen LogP contribution in [0.25, 0.3) is 0 Å². The summed E-state index contributed by atoms with van der Waals surface area (Å²) in [7, 11) is 1.63. The van der Waals surface area contributed by atoms with E-state index in [9.17, 15) is 4.79 Å².